The summed E-state index contributed by atoms with van der Waals surface area (Å²) in [7, 11) is 0. The second kappa shape index (κ2) is 8.69. The van der Waals surface area contributed by atoms with E-state index in [4.69, 9.17) is 0 Å². The topological polar surface area (TPSA) is 101 Å². The van der Waals surface area contributed by atoms with Gasteiger partial charge in [0.2, 0.25) is 0 Å². The Balaban J connectivity index is 1.84. The van der Waals surface area contributed by atoms with Crippen molar-refractivity contribution in [2.75, 3.05) is 5.43 Å². The summed E-state index contributed by atoms with van der Waals surface area (Å²) in [5, 5.41) is 10.2. The van der Waals surface area contributed by atoms with Crippen molar-refractivity contribution in [1.82, 2.24) is 9.66 Å². The highest BCUT2D eigenvalue weighted by Gasteiger charge is 2.19. The normalized spacial score (nSPS) is 10.5. The molecule has 0 atom stereocenters. The fourth-order valence-electron chi connectivity index (χ4n) is 3.28. The van der Waals surface area contributed by atoms with Crippen molar-refractivity contribution in [3.63, 3.8) is 0 Å². The number of nitrogens with zero attached hydrogens (tertiary/aromatic N) is 2. The molecule has 0 saturated heterocycles. The summed E-state index contributed by atoms with van der Waals surface area (Å²) in [4.78, 5) is 42.9. The summed E-state index contributed by atoms with van der Waals surface area (Å²) in [5.41, 5.74) is 4.21. The summed E-state index contributed by atoms with van der Waals surface area (Å²) in [5.74, 6) is -1.17. The van der Waals surface area contributed by atoms with Gasteiger partial charge < -0.3 is 5.11 Å². The maximum Gasteiger partial charge on any atom is 0.277 e. The van der Waals surface area contributed by atoms with Gasteiger partial charge >= 0.3 is 0 Å². The first kappa shape index (κ1) is 20.7. The minimum Gasteiger partial charge on any atom is -0.507 e. The maximum atomic E-state index is 13.2. The van der Waals surface area contributed by atoms with E-state index in [2.05, 4.69) is 10.4 Å². The van der Waals surface area contributed by atoms with Crippen LogP contribution in [-0.2, 0) is 0 Å². The van der Waals surface area contributed by atoms with Crippen molar-refractivity contribution >= 4 is 11.7 Å². The number of rotatable bonds is 5. The van der Waals surface area contributed by atoms with Crippen LogP contribution in [0, 0.1) is 6.92 Å². The zero-order chi connectivity index (χ0) is 22.7. The molecule has 1 amide bonds. The van der Waals surface area contributed by atoms with E-state index in [-0.39, 0.29) is 22.4 Å². The molecule has 2 N–H and O–H groups in total. The Morgan fingerprint density at radius 3 is 2.38 bits per heavy atom. The van der Waals surface area contributed by atoms with Gasteiger partial charge in [0.05, 0.1) is 5.56 Å². The van der Waals surface area contributed by atoms with Gasteiger partial charge in [-0.25, -0.2) is 4.68 Å². The Hall–Kier alpha value is -4.52. The fourth-order valence-corrected chi connectivity index (χ4v) is 3.28. The van der Waals surface area contributed by atoms with Crippen LogP contribution in [0.2, 0.25) is 0 Å². The molecular formula is C25H19N3O4. The number of ketones is 1. The molecule has 0 fully saturated rings. The highest BCUT2D eigenvalue weighted by Crippen LogP contribution is 2.23. The monoisotopic (exact) mass is 425 g/mol. The molecule has 7 heteroatoms. The van der Waals surface area contributed by atoms with E-state index in [1.165, 1.54) is 42.9 Å². The summed E-state index contributed by atoms with van der Waals surface area (Å²) in [6.45, 7) is 1.81. The van der Waals surface area contributed by atoms with E-state index in [1.54, 1.807) is 36.4 Å². The molecule has 2 aromatic carbocycles. The lowest BCUT2D eigenvalue weighted by Gasteiger charge is -2.13. The molecule has 0 bridgehead atoms. The van der Waals surface area contributed by atoms with Crippen LogP contribution in [-0.4, -0.2) is 26.5 Å². The Bertz CT molecular complexity index is 1360. The molecule has 0 aliphatic heterocycles. The number of pyridine rings is 2. The van der Waals surface area contributed by atoms with Crippen molar-refractivity contribution in [3.05, 3.63) is 118 Å². The first-order valence-electron chi connectivity index (χ1n) is 9.82. The van der Waals surface area contributed by atoms with Gasteiger partial charge in [-0.05, 0) is 42.8 Å². The smallest absolute Gasteiger partial charge is 0.277 e. The number of phenols is 1. The van der Waals surface area contributed by atoms with E-state index >= 15 is 0 Å². The summed E-state index contributed by atoms with van der Waals surface area (Å²) in [6.07, 6.45) is 4.19. The summed E-state index contributed by atoms with van der Waals surface area (Å²) >= 11 is 0. The van der Waals surface area contributed by atoms with Crippen LogP contribution in [0.25, 0.3) is 11.1 Å². The van der Waals surface area contributed by atoms with Gasteiger partial charge in [-0.3, -0.25) is 24.8 Å². The SMILES string of the molecule is Cc1ccc(O)c(C(=O)c2cc(-c3ccccc3)c(=O)n(NC(=O)c3ccncc3)c2)c1. The van der Waals surface area contributed by atoms with Gasteiger partial charge in [-0.2, -0.15) is 0 Å². The third-order valence-corrected chi connectivity index (χ3v) is 4.93. The van der Waals surface area contributed by atoms with Crippen molar-refractivity contribution in [2.24, 2.45) is 0 Å². The molecule has 0 radical (unpaired) electrons. The van der Waals surface area contributed by atoms with Crippen LogP contribution < -0.4 is 11.0 Å². The van der Waals surface area contributed by atoms with Gasteiger partial charge in [0.15, 0.2) is 5.78 Å². The quantitative estimate of drug-likeness (QED) is 0.476. The Morgan fingerprint density at radius 2 is 1.66 bits per heavy atom. The number of carbonyl (C=O) groups is 2. The number of aromatic hydroxyl groups is 1. The minimum absolute atomic E-state index is 0.106. The first-order valence-corrected chi connectivity index (χ1v) is 9.82. The van der Waals surface area contributed by atoms with Gasteiger partial charge in [0, 0.05) is 35.3 Å². The van der Waals surface area contributed by atoms with Crippen molar-refractivity contribution < 1.29 is 14.7 Å². The van der Waals surface area contributed by atoms with Gasteiger partial charge in [-0.1, -0.05) is 42.0 Å². The molecule has 158 valence electrons. The number of aromatic nitrogens is 2. The molecular weight excluding hydrogens is 406 g/mol. The lowest BCUT2D eigenvalue weighted by atomic mass is 9.99. The predicted octanol–water partition coefficient (Wildman–Crippen LogP) is 3.54. The highest BCUT2D eigenvalue weighted by atomic mass is 16.3. The van der Waals surface area contributed by atoms with Crippen molar-refractivity contribution in [1.29, 1.82) is 0 Å². The Labute approximate surface area is 183 Å². The molecule has 0 aliphatic carbocycles. The Kier molecular flexibility index (Phi) is 5.63. The van der Waals surface area contributed by atoms with Crippen LogP contribution >= 0.6 is 0 Å². The molecule has 4 aromatic rings. The molecule has 32 heavy (non-hydrogen) atoms. The van der Waals surface area contributed by atoms with E-state index in [0.29, 0.717) is 11.1 Å². The number of carbonyl (C=O) groups excluding carboxylic acids is 2. The van der Waals surface area contributed by atoms with Gasteiger partial charge in [0.1, 0.15) is 5.75 Å². The van der Waals surface area contributed by atoms with E-state index in [0.717, 1.165) is 10.2 Å². The number of benzene rings is 2. The molecule has 2 aromatic heterocycles. The van der Waals surface area contributed by atoms with Crippen LogP contribution in [0.5, 0.6) is 5.75 Å². The van der Waals surface area contributed by atoms with Crippen molar-refractivity contribution in [3.8, 4) is 16.9 Å². The van der Waals surface area contributed by atoms with E-state index in [9.17, 15) is 19.5 Å². The van der Waals surface area contributed by atoms with Crippen LogP contribution in [0.4, 0.5) is 0 Å². The van der Waals surface area contributed by atoms with E-state index < -0.39 is 17.2 Å². The van der Waals surface area contributed by atoms with E-state index in [1.807, 2.05) is 13.0 Å². The van der Waals surface area contributed by atoms with Gasteiger partial charge in [-0.15, -0.1) is 0 Å². The largest absolute Gasteiger partial charge is 0.507 e. The average molecular weight is 425 g/mol. The number of hydrogen-bond donors (Lipinski definition) is 2. The third kappa shape index (κ3) is 4.17. The third-order valence-electron chi connectivity index (χ3n) is 4.93. The average Bonchev–Trinajstić information content (AvgIpc) is 2.82. The molecule has 2 heterocycles. The van der Waals surface area contributed by atoms with Crippen LogP contribution in [0.3, 0.4) is 0 Å². The lowest BCUT2D eigenvalue weighted by Crippen LogP contribution is -2.34. The number of phenolic OH excluding ortho intramolecular Hbond substituents is 1. The molecule has 0 saturated carbocycles. The minimum atomic E-state index is -0.531. The summed E-state index contributed by atoms with van der Waals surface area (Å²) in [6, 6.07) is 18.0. The fraction of sp³-hybridized carbons (Fsp3) is 0.0400. The van der Waals surface area contributed by atoms with Crippen molar-refractivity contribution in [2.45, 2.75) is 6.92 Å². The molecule has 7 nitrogen and oxygen atoms in total. The molecule has 0 spiro atoms. The highest BCUT2D eigenvalue weighted by molar-refractivity contribution is 6.11. The molecule has 0 aliphatic rings. The standard InChI is InChI=1S/C25H19N3O4/c1-16-7-8-22(29)21(13-16)23(30)19-14-20(17-5-3-2-4-6-17)25(32)28(15-19)27-24(31)18-9-11-26-12-10-18/h2-15,29H,1H3,(H,27,31). The van der Waals surface area contributed by atoms with Gasteiger partial charge in [0.25, 0.3) is 11.5 Å². The first-order chi connectivity index (χ1) is 15.4. The number of amides is 1. The Morgan fingerprint density at radius 1 is 0.938 bits per heavy atom. The second-order valence-corrected chi connectivity index (χ2v) is 7.21. The number of nitrogens with one attached hydrogen (secondary N) is 1. The lowest BCUT2D eigenvalue weighted by molar-refractivity contribution is 0.100. The zero-order valence-electron chi connectivity index (χ0n) is 17.1. The molecule has 0 unspecified atom stereocenters. The van der Waals surface area contributed by atoms with Crippen LogP contribution in [0.15, 0.2) is 90.1 Å². The number of aryl methyl sites for hydroxylation is 1. The molecule has 4 rings (SSSR count). The summed E-state index contributed by atoms with van der Waals surface area (Å²) < 4.78 is 0.991. The van der Waals surface area contributed by atoms with Crippen LogP contribution in [0.1, 0.15) is 31.8 Å². The zero-order valence-corrected chi connectivity index (χ0v) is 17.1. The number of hydrogen-bond acceptors (Lipinski definition) is 5. The predicted molar refractivity (Wildman–Crippen MR) is 120 cm³/mol. The maximum absolute atomic E-state index is 13.2. The second-order valence-electron chi connectivity index (χ2n) is 7.21.